The summed E-state index contributed by atoms with van der Waals surface area (Å²) in [6.45, 7) is 2.61. The molecule has 1 unspecified atom stereocenters. The summed E-state index contributed by atoms with van der Waals surface area (Å²) in [5.41, 5.74) is 0.0904. The van der Waals surface area contributed by atoms with Crippen molar-refractivity contribution in [2.45, 2.75) is 84.0 Å². The molecule has 0 amide bonds. The summed E-state index contributed by atoms with van der Waals surface area (Å²) in [5.74, 6) is 0.205. The van der Waals surface area contributed by atoms with E-state index in [1.54, 1.807) is 12.1 Å². The first-order valence-corrected chi connectivity index (χ1v) is 11.3. The van der Waals surface area contributed by atoms with E-state index in [1.165, 1.54) is 57.8 Å². The molecule has 0 aliphatic carbocycles. The topological polar surface area (TPSA) is 63.2 Å². The van der Waals surface area contributed by atoms with Crippen LogP contribution in [0.15, 0.2) is 39.5 Å². The molecule has 158 valence electrons. The third-order valence-corrected chi connectivity index (χ3v) is 5.42. The number of hydrogen-bond donors (Lipinski definition) is 0. The van der Waals surface area contributed by atoms with Crippen LogP contribution < -0.4 is 10.4 Å². The van der Waals surface area contributed by atoms with Gasteiger partial charge in [-0.1, -0.05) is 89.3 Å². The van der Waals surface area contributed by atoms with Gasteiger partial charge >= 0.3 is 5.63 Å². The monoisotopic (exact) mass is 397 g/mol. The Kier molecular flexibility index (Phi) is 11.0. The smallest absolute Gasteiger partial charge is 0.379 e. The zero-order chi connectivity index (χ0) is 20.7. The van der Waals surface area contributed by atoms with Crippen molar-refractivity contribution in [1.29, 1.82) is 5.26 Å². The SMILES string of the molecule is CCCCCCCCCCCCC(C#N)CCOc1cc2ccccc2oc1=O. The summed E-state index contributed by atoms with van der Waals surface area (Å²) in [5, 5.41) is 10.2. The Bertz CT molecular complexity index is 806. The van der Waals surface area contributed by atoms with Crippen LogP contribution in [0.1, 0.15) is 84.0 Å². The van der Waals surface area contributed by atoms with Gasteiger partial charge in [0, 0.05) is 11.3 Å². The molecular weight excluding hydrogens is 362 g/mol. The van der Waals surface area contributed by atoms with Crippen molar-refractivity contribution in [1.82, 2.24) is 0 Å². The van der Waals surface area contributed by atoms with Crippen LogP contribution in [0.25, 0.3) is 11.0 Å². The van der Waals surface area contributed by atoms with E-state index in [1.807, 2.05) is 18.2 Å². The van der Waals surface area contributed by atoms with Crippen LogP contribution in [0.3, 0.4) is 0 Å². The molecule has 2 aromatic rings. The maximum atomic E-state index is 12.0. The van der Waals surface area contributed by atoms with Gasteiger partial charge in [0.05, 0.1) is 12.7 Å². The molecule has 1 aromatic carbocycles. The van der Waals surface area contributed by atoms with Crippen LogP contribution in [-0.2, 0) is 0 Å². The van der Waals surface area contributed by atoms with Crippen LogP contribution in [0.2, 0.25) is 0 Å². The van der Waals surface area contributed by atoms with E-state index in [-0.39, 0.29) is 11.7 Å². The largest absolute Gasteiger partial charge is 0.486 e. The minimum absolute atomic E-state index is 0.0171. The zero-order valence-corrected chi connectivity index (χ0v) is 17.8. The molecule has 4 nitrogen and oxygen atoms in total. The molecule has 0 saturated carbocycles. The molecule has 0 aliphatic heterocycles. The summed E-state index contributed by atoms with van der Waals surface area (Å²) in [6, 6.07) is 11.5. The molecule has 0 N–H and O–H groups in total. The van der Waals surface area contributed by atoms with Crippen molar-refractivity contribution < 1.29 is 9.15 Å². The minimum atomic E-state index is -0.466. The fourth-order valence-electron chi connectivity index (χ4n) is 3.61. The van der Waals surface area contributed by atoms with Gasteiger partial charge in [-0.2, -0.15) is 5.26 Å². The normalized spacial score (nSPS) is 12.0. The second kappa shape index (κ2) is 13.8. The molecule has 4 heteroatoms. The van der Waals surface area contributed by atoms with E-state index < -0.39 is 5.63 Å². The number of para-hydroxylation sites is 1. The fourth-order valence-corrected chi connectivity index (χ4v) is 3.61. The Labute approximate surface area is 174 Å². The molecule has 1 aromatic heterocycles. The number of nitriles is 1. The Morgan fingerprint density at radius 2 is 1.62 bits per heavy atom. The van der Waals surface area contributed by atoms with Crippen molar-refractivity contribution in [3.63, 3.8) is 0 Å². The van der Waals surface area contributed by atoms with Crippen molar-refractivity contribution in [3.8, 4) is 11.8 Å². The third kappa shape index (κ3) is 8.73. The molecule has 2 rings (SSSR count). The van der Waals surface area contributed by atoms with E-state index in [9.17, 15) is 10.1 Å². The van der Waals surface area contributed by atoms with E-state index >= 15 is 0 Å². The van der Waals surface area contributed by atoms with Crippen LogP contribution >= 0.6 is 0 Å². The van der Waals surface area contributed by atoms with Gasteiger partial charge in [0.1, 0.15) is 5.58 Å². The maximum Gasteiger partial charge on any atom is 0.379 e. The molecule has 0 aliphatic rings. The van der Waals surface area contributed by atoms with Crippen LogP contribution in [-0.4, -0.2) is 6.61 Å². The number of nitrogens with zero attached hydrogens (tertiary/aromatic N) is 1. The number of fused-ring (bicyclic) bond motifs is 1. The second-order valence-electron chi connectivity index (χ2n) is 7.87. The van der Waals surface area contributed by atoms with Gasteiger partial charge in [-0.15, -0.1) is 0 Å². The number of rotatable bonds is 15. The summed E-state index contributed by atoms with van der Waals surface area (Å²) in [6.07, 6.45) is 14.5. The van der Waals surface area contributed by atoms with Gasteiger partial charge < -0.3 is 9.15 Å². The Morgan fingerprint density at radius 1 is 0.966 bits per heavy atom. The summed E-state index contributed by atoms with van der Waals surface area (Å²) < 4.78 is 10.9. The summed E-state index contributed by atoms with van der Waals surface area (Å²) >= 11 is 0. The fraction of sp³-hybridized carbons (Fsp3) is 0.600. The molecule has 0 fully saturated rings. The molecule has 29 heavy (non-hydrogen) atoms. The third-order valence-electron chi connectivity index (χ3n) is 5.42. The van der Waals surface area contributed by atoms with Gasteiger partial charge in [-0.25, -0.2) is 4.79 Å². The van der Waals surface area contributed by atoms with Gasteiger partial charge in [-0.3, -0.25) is 0 Å². The number of benzene rings is 1. The van der Waals surface area contributed by atoms with Crippen molar-refractivity contribution in [2.75, 3.05) is 6.61 Å². The quantitative estimate of drug-likeness (QED) is 0.239. The Hall–Kier alpha value is -2.28. The molecule has 0 bridgehead atoms. The lowest BCUT2D eigenvalue weighted by Crippen LogP contribution is -2.11. The van der Waals surface area contributed by atoms with Gasteiger partial charge in [-0.05, 0) is 25.0 Å². The summed E-state index contributed by atoms with van der Waals surface area (Å²) in [4.78, 5) is 12.0. The van der Waals surface area contributed by atoms with Gasteiger partial charge in [0.15, 0.2) is 0 Å². The van der Waals surface area contributed by atoms with E-state index in [4.69, 9.17) is 9.15 Å². The van der Waals surface area contributed by atoms with Crippen molar-refractivity contribution in [3.05, 3.63) is 40.8 Å². The van der Waals surface area contributed by atoms with Crippen LogP contribution in [0, 0.1) is 17.2 Å². The number of unbranched alkanes of at least 4 members (excludes halogenated alkanes) is 9. The van der Waals surface area contributed by atoms with Crippen LogP contribution in [0.4, 0.5) is 0 Å². The average molecular weight is 398 g/mol. The van der Waals surface area contributed by atoms with Crippen molar-refractivity contribution in [2.24, 2.45) is 5.92 Å². The number of ether oxygens (including phenoxy) is 1. The van der Waals surface area contributed by atoms with Crippen LogP contribution in [0.5, 0.6) is 5.75 Å². The lowest BCUT2D eigenvalue weighted by molar-refractivity contribution is 0.276. The minimum Gasteiger partial charge on any atom is -0.486 e. The second-order valence-corrected chi connectivity index (χ2v) is 7.87. The lowest BCUT2D eigenvalue weighted by Gasteiger charge is -2.10. The van der Waals surface area contributed by atoms with Crippen molar-refractivity contribution >= 4 is 11.0 Å². The first-order valence-electron chi connectivity index (χ1n) is 11.3. The van der Waals surface area contributed by atoms with E-state index in [2.05, 4.69) is 13.0 Å². The highest BCUT2D eigenvalue weighted by molar-refractivity contribution is 5.77. The highest BCUT2D eigenvalue weighted by Gasteiger charge is 2.10. The molecule has 0 spiro atoms. The first kappa shape index (κ1) is 23.0. The molecule has 0 radical (unpaired) electrons. The average Bonchev–Trinajstić information content (AvgIpc) is 2.74. The van der Waals surface area contributed by atoms with Gasteiger partial charge in [0.2, 0.25) is 5.75 Å². The highest BCUT2D eigenvalue weighted by atomic mass is 16.5. The first-order chi connectivity index (χ1) is 14.2. The number of hydrogen-bond acceptors (Lipinski definition) is 4. The predicted octanol–water partition coefficient (Wildman–Crippen LogP) is 7.01. The zero-order valence-electron chi connectivity index (χ0n) is 17.8. The predicted molar refractivity (Wildman–Crippen MR) is 118 cm³/mol. The highest BCUT2D eigenvalue weighted by Crippen LogP contribution is 2.19. The molecular formula is C25H35NO3. The van der Waals surface area contributed by atoms with Gasteiger partial charge in [0.25, 0.3) is 0 Å². The van der Waals surface area contributed by atoms with E-state index in [0.717, 1.165) is 18.2 Å². The Balaban J connectivity index is 1.59. The molecule has 0 saturated heterocycles. The molecule has 1 heterocycles. The Morgan fingerprint density at radius 3 is 2.31 bits per heavy atom. The maximum absolute atomic E-state index is 12.0. The lowest BCUT2D eigenvalue weighted by atomic mass is 9.98. The summed E-state index contributed by atoms with van der Waals surface area (Å²) in [7, 11) is 0. The molecule has 1 atom stereocenters. The standard InChI is InChI=1S/C25H35NO3/c1-2-3-4-5-6-7-8-9-10-11-14-21(20-26)17-18-28-24-19-22-15-12-13-16-23(22)29-25(24)27/h12-13,15-16,19,21H,2-11,14,17-18H2,1H3. The van der Waals surface area contributed by atoms with E-state index in [0.29, 0.717) is 18.6 Å².